The average Bonchev–Trinajstić information content (AvgIpc) is 3.63. The molecule has 2 unspecified atom stereocenters. The molecule has 0 spiro atoms. The summed E-state index contributed by atoms with van der Waals surface area (Å²) >= 11 is 7.46. The SMILES string of the molecule is CCCOc1ccc(C2/C(=C(/O)c3ccc4c(c3)CC(C)O4)C(=O)C(=O)N2c2nc3ccc(Cl)cc3s2)cc1OCC. The molecule has 10 heteroatoms. The largest absolute Gasteiger partial charge is 0.507 e. The lowest BCUT2D eigenvalue weighted by Crippen LogP contribution is -2.29. The first-order chi connectivity index (χ1) is 20.3. The summed E-state index contributed by atoms with van der Waals surface area (Å²) in [6.07, 6.45) is 1.51. The quantitative estimate of drug-likeness (QED) is 0.130. The number of aliphatic hydroxyl groups excluding tert-OH is 1. The van der Waals surface area contributed by atoms with Crippen molar-refractivity contribution in [2.45, 2.75) is 45.8 Å². The molecule has 42 heavy (non-hydrogen) atoms. The molecule has 0 bridgehead atoms. The van der Waals surface area contributed by atoms with Crippen molar-refractivity contribution in [3.63, 3.8) is 0 Å². The number of thiazole rings is 1. The number of Topliss-reactive ketones (excluding diaryl/α,β-unsaturated/α-hetero) is 1. The highest BCUT2D eigenvalue weighted by Crippen LogP contribution is 2.46. The first kappa shape index (κ1) is 28.1. The standard InChI is InChI=1S/C32H29ClN2O6S/c1-4-12-40-24-11-6-18(15-25(24)39-5-2)28-27(29(36)19-7-10-23-20(14-19)13-17(3)41-23)30(37)31(38)35(28)32-34-22-9-8-21(33)16-26(22)42-32/h6-11,14-17,28,36H,4-5,12-13H2,1-3H3/b29-27-. The van der Waals surface area contributed by atoms with Gasteiger partial charge in [0.2, 0.25) is 0 Å². The van der Waals surface area contributed by atoms with E-state index in [-0.39, 0.29) is 17.4 Å². The van der Waals surface area contributed by atoms with Crippen LogP contribution in [0.3, 0.4) is 0 Å². The molecule has 0 radical (unpaired) electrons. The molecule has 2 atom stereocenters. The van der Waals surface area contributed by atoms with Gasteiger partial charge in [0.1, 0.15) is 17.6 Å². The lowest BCUT2D eigenvalue weighted by molar-refractivity contribution is -0.132. The molecule has 2 aliphatic rings. The summed E-state index contributed by atoms with van der Waals surface area (Å²) in [6, 6.07) is 14.9. The first-order valence-corrected chi connectivity index (χ1v) is 15.0. The van der Waals surface area contributed by atoms with Gasteiger partial charge in [0.05, 0.1) is 35.0 Å². The minimum absolute atomic E-state index is 0.0148. The van der Waals surface area contributed by atoms with Gasteiger partial charge in [0.15, 0.2) is 16.6 Å². The first-order valence-electron chi connectivity index (χ1n) is 13.9. The van der Waals surface area contributed by atoms with Crippen LogP contribution in [0.1, 0.15) is 49.9 Å². The Hall–Kier alpha value is -4.08. The molecule has 1 fully saturated rings. The molecule has 3 aromatic carbocycles. The number of aliphatic hydroxyl groups is 1. The number of amides is 1. The number of ketones is 1. The van der Waals surface area contributed by atoms with E-state index in [4.69, 9.17) is 25.8 Å². The fraction of sp³-hybridized carbons (Fsp3) is 0.281. The average molecular weight is 605 g/mol. The number of anilines is 1. The summed E-state index contributed by atoms with van der Waals surface area (Å²) in [6.45, 7) is 6.75. The van der Waals surface area contributed by atoms with Crippen LogP contribution in [0.25, 0.3) is 16.0 Å². The van der Waals surface area contributed by atoms with Gasteiger partial charge < -0.3 is 19.3 Å². The number of carbonyl (C=O) groups is 2. The molecule has 1 N–H and O–H groups in total. The number of nitrogens with zero attached hydrogens (tertiary/aromatic N) is 2. The van der Waals surface area contributed by atoms with Crippen LogP contribution in [0.4, 0.5) is 5.13 Å². The number of hydrogen-bond donors (Lipinski definition) is 1. The molecule has 1 aromatic heterocycles. The van der Waals surface area contributed by atoms with Gasteiger partial charge >= 0.3 is 5.91 Å². The van der Waals surface area contributed by atoms with Gasteiger partial charge in [0.25, 0.3) is 5.78 Å². The Morgan fingerprint density at radius 2 is 1.93 bits per heavy atom. The maximum atomic E-state index is 13.7. The summed E-state index contributed by atoms with van der Waals surface area (Å²) in [5, 5.41) is 12.5. The van der Waals surface area contributed by atoms with Gasteiger partial charge in [0, 0.05) is 17.0 Å². The van der Waals surface area contributed by atoms with Crippen molar-refractivity contribution in [3.05, 3.63) is 81.9 Å². The minimum atomic E-state index is -0.969. The Bertz CT molecular complexity index is 1750. The predicted molar refractivity (Wildman–Crippen MR) is 163 cm³/mol. The van der Waals surface area contributed by atoms with Crippen molar-refractivity contribution >= 4 is 55.7 Å². The van der Waals surface area contributed by atoms with Crippen molar-refractivity contribution in [2.75, 3.05) is 18.1 Å². The Morgan fingerprint density at radius 3 is 2.71 bits per heavy atom. The highest BCUT2D eigenvalue weighted by atomic mass is 35.5. The minimum Gasteiger partial charge on any atom is -0.507 e. The highest BCUT2D eigenvalue weighted by molar-refractivity contribution is 7.22. The third kappa shape index (κ3) is 4.97. The summed E-state index contributed by atoms with van der Waals surface area (Å²) in [5.74, 6) is -0.0707. The Balaban J connectivity index is 1.53. The van der Waals surface area contributed by atoms with Gasteiger partial charge in [-0.25, -0.2) is 4.98 Å². The van der Waals surface area contributed by atoms with Crippen LogP contribution < -0.4 is 19.1 Å². The molecular weight excluding hydrogens is 576 g/mol. The van der Waals surface area contributed by atoms with Crippen molar-refractivity contribution < 1.29 is 28.9 Å². The van der Waals surface area contributed by atoms with Gasteiger partial charge in [-0.1, -0.05) is 35.9 Å². The lowest BCUT2D eigenvalue weighted by atomic mass is 9.94. The second kappa shape index (κ2) is 11.3. The number of aromatic nitrogens is 1. The number of halogens is 1. The second-order valence-corrected chi connectivity index (χ2v) is 11.7. The number of ether oxygens (including phenoxy) is 3. The van der Waals surface area contributed by atoms with Crippen LogP contribution in [-0.2, 0) is 16.0 Å². The van der Waals surface area contributed by atoms with Crippen molar-refractivity contribution in [3.8, 4) is 17.2 Å². The molecule has 1 amide bonds. The molecule has 8 nitrogen and oxygen atoms in total. The summed E-state index contributed by atoms with van der Waals surface area (Å²) in [4.78, 5) is 33.5. The molecule has 216 valence electrons. The van der Waals surface area contributed by atoms with E-state index < -0.39 is 17.7 Å². The smallest absolute Gasteiger partial charge is 0.301 e. The number of rotatable bonds is 8. The van der Waals surface area contributed by atoms with Crippen LogP contribution in [-0.4, -0.2) is 41.1 Å². The Morgan fingerprint density at radius 1 is 1.10 bits per heavy atom. The zero-order valence-electron chi connectivity index (χ0n) is 23.3. The monoisotopic (exact) mass is 604 g/mol. The number of fused-ring (bicyclic) bond motifs is 2. The Kier molecular flexibility index (Phi) is 7.55. The van der Waals surface area contributed by atoms with E-state index in [9.17, 15) is 14.7 Å². The maximum Gasteiger partial charge on any atom is 0.301 e. The van der Waals surface area contributed by atoms with E-state index in [1.165, 1.54) is 16.2 Å². The summed E-state index contributed by atoms with van der Waals surface area (Å²) in [5.41, 5.74) is 2.54. The van der Waals surface area contributed by atoms with E-state index in [2.05, 4.69) is 4.98 Å². The van der Waals surface area contributed by atoms with E-state index in [0.29, 0.717) is 57.9 Å². The van der Waals surface area contributed by atoms with E-state index >= 15 is 0 Å². The molecular formula is C32H29ClN2O6S. The number of hydrogen-bond acceptors (Lipinski definition) is 8. The molecule has 3 heterocycles. The molecule has 0 saturated carbocycles. The van der Waals surface area contributed by atoms with Gasteiger partial charge in [-0.05, 0) is 79.9 Å². The van der Waals surface area contributed by atoms with Crippen molar-refractivity contribution in [1.82, 2.24) is 4.98 Å². The third-order valence-corrected chi connectivity index (χ3v) is 8.46. The maximum absolute atomic E-state index is 13.7. The van der Waals surface area contributed by atoms with Crippen LogP contribution in [0.5, 0.6) is 17.2 Å². The highest BCUT2D eigenvalue weighted by Gasteiger charge is 2.48. The lowest BCUT2D eigenvalue weighted by Gasteiger charge is -2.24. The van der Waals surface area contributed by atoms with Gasteiger partial charge in [-0.3, -0.25) is 14.5 Å². The third-order valence-electron chi connectivity index (χ3n) is 7.20. The Labute approximate surface area is 252 Å². The zero-order valence-corrected chi connectivity index (χ0v) is 24.9. The molecule has 4 aromatic rings. The molecule has 1 saturated heterocycles. The van der Waals surface area contributed by atoms with Crippen LogP contribution >= 0.6 is 22.9 Å². The summed E-state index contributed by atoms with van der Waals surface area (Å²) < 4.78 is 18.4. The van der Waals surface area contributed by atoms with E-state index in [1.807, 2.05) is 26.8 Å². The molecule has 0 aliphatic carbocycles. The number of carbonyl (C=O) groups excluding carboxylic acids is 2. The van der Waals surface area contributed by atoms with Crippen LogP contribution in [0.2, 0.25) is 5.02 Å². The van der Waals surface area contributed by atoms with Gasteiger partial charge in [-0.15, -0.1) is 0 Å². The second-order valence-electron chi connectivity index (χ2n) is 10.2. The van der Waals surface area contributed by atoms with Crippen LogP contribution in [0, 0.1) is 0 Å². The van der Waals surface area contributed by atoms with Gasteiger partial charge in [-0.2, -0.15) is 0 Å². The molecule has 6 rings (SSSR count). The van der Waals surface area contributed by atoms with Crippen molar-refractivity contribution in [2.24, 2.45) is 0 Å². The van der Waals surface area contributed by atoms with E-state index in [0.717, 1.165) is 22.4 Å². The normalized spacial score (nSPS) is 19.3. The molecule has 2 aliphatic heterocycles. The van der Waals surface area contributed by atoms with Crippen LogP contribution in [0.15, 0.2) is 60.2 Å². The summed E-state index contributed by atoms with van der Waals surface area (Å²) in [7, 11) is 0. The van der Waals surface area contributed by atoms with E-state index in [1.54, 1.807) is 48.5 Å². The number of benzene rings is 3. The fourth-order valence-corrected chi connectivity index (χ4v) is 6.62. The fourth-order valence-electron chi connectivity index (χ4n) is 5.35. The topological polar surface area (TPSA) is 98.2 Å². The van der Waals surface area contributed by atoms with Crippen molar-refractivity contribution in [1.29, 1.82) is 0 Å². The predicted octanol–water partition coefficient (Wildman–Crippen LogP) is 7.09. The zero-order chi connectivity index (χ0) is 29.5.